The molecule has 0 aromatic rings. The predicted molar refractivity (Wildman–Crippen MR) is 57.0 cm³/mol. The summed E-state index contributed by atoms with van der Waals surface area (Å²) in [5.41, 5.74) is 5.77. The van der Waals surface area contributed by atoms with Crippen molar-refractivity contribution in [3.05, 3.63) is 0 Å². The third kappa shape index (κ3) is 5.64. The minimum Gasteiger partial charge on any atom is -0.387 e. The summed E-state index contributed by atoms with van der Waals surface area (Å²) in [5.74, 6) is 1.06. The van der Waals surface area contributed by atoms with E-state index in [-0.39, 0.29) is 6.04 Å². The number of amidine groups is 1. The molecule has 0 aromatic heterocycles. The molecule has 0 aliphatic rings. The molecule has 2 N–H and O–H groups in total. The van der Waals surface area contributed by atoms with Gasteiger partial charge in [0.05, 0.1) is 18.5 Å². The first-order chi connectivity index (χ1) is 6.11. The highest BCUT2D eigenvalue weighted by atomic mass is 16.5. The molecule has 1 unspecified atom stereocenters. The van der Waals surface area contributed by atoms with Gasteiger partial charge in [0.2, 0.25) is 0 Å². The third-order valence-electron chi connectivity index (χ3n) is 1.90. The molecule has 0 amide bonds. The van der Waals surface area contributed by atoms with E-state index in [9.17, 15) is 0 Å². The summed E-state index contributed by atoms with van der Waals surface area (Å²) in [5, 5.41) is 0. The van der Waals surface area contributed by atoms with Crippen LogP contribution in [0.1, 0.15) is 33.6 Å². The lowest BCUT2D eigenvalue weighted by atomic mass is 10.1. The molecule has 78 valence electrons. The van der Waals surface area contributed by atoms with Gasteiger partial charge < -0.3 is 10.5 Å². The lowest BCUT2D eigenvalue weighted by molar-refractivity contribution is 0.177. The summed E-state index contributed by atoms with van der Waals surface area (Å²) in [6, 6.07) is 0.234. The number of ether oxygens (including phenoxy) is 1. The van der Waals surface area contributed by atoms with Crippen LogP contribution >= 0.6 is 0 Å². The molecule has 0 bridgehead atoms. The second-order valence-corrected chi connectivity index (χ2v) is 3.61. The van der Waals surface area contributed by atoms with Crippen molar-refractivity contribution in [1.82, 2.24) is 0 Å². The third-order valence-corrected chi connectivity index (χ3v) is 1.90. The molecule has 0 fully saturated rings. The standard InChI is InChI=1S/C10H22N2O/c1-5-6-9(7-13-4)12-10(11)8(2)3/h8-9H,5-7H2,1-4H3,(H2,11,12). The molecule has 0 spiro atoms. The van der Waals surface area contributed by atoms with Gasteiger partial charge >= 0.3 is 0 Å². The van der Waals surface area contributed by atoms with Crippen LogP contribution in [0.15, 0.2) is 4.99 Å². The average Bonchev–Trinajstić information content (AvgIpc) is 2.05. The topological polar surface area (TPSA) is 47.6 Å². The van der Waals surface area contributed by atoms with Gasteiger partial charge in [0.1, 0.15) is 0 Å². The Balaban J connectivity index is 4.12. The fourth-order valence-electron chi connectivity index (χ4n) is 1.07. The lowest BCUT2D eigenvalue weighted by Crippen LogP contribution is -2.24. The van der Waals surface area contributed by atoms with Crippen LogP contribution in [0, 0.1) is 5.92 Å². The largest absolute Gasteiger partial charge is 0.387 e. The fraction of sp³-hybridized carbons (Fsp3) is 0.900. The van der Waals surface area contributed by atoms with Crippen LogP contribution in [0.4, 0.5) is 0 Å². The van der Waals surface area contributed by atoms with E-state index < -0.39 is 0 Å². The van der Waals surface area contributed by atoms with E-state index in [2.05, 4.69) is 25.8 Å². The molecule has 0 aromatic carbocycles. The zero-order chi connectivity index (χ0) is 10.3. The molecule has 0 aliphatic carbocycles. The summed E-state index contributed by atoms with van der Waals surface area (Å²) >= 11 is 0. The van der Waals surface area contributed by atoms with Crippen LogP contribution < -0.4 is 5.73 Å². The number of nitrogens with two attached hydrogens (primary N) is 1. The first-order valence-corrected chi connectivity index (χ1v) is 4.93. The van der Waals surface area contributed by atoms with E-state index in [1.165, 1.54) is 0 Å². The Morgan fingerprint density at radius 3 is 2.46 bits per heavy atom. The minimum absolute atomic E-state index is 0.234. The average molecular weight is 186 g/mol. The summed E-state index contributed by atoms with van der Waals surface area (Å²) < 4.78 is 5.07. The Hall–Kier alpha value is -0.570. The summed E-state index contributed by atoms with van der Waals surface area (Å²) in [6.07, 6.45) is 2.16. The highest BCUT2D eigenvalue weighted by Crippen LogP contribution is 2.04. The van der Waals surface area contributed by atoms with Gasteiger partial charge in [0.15, 0.2) is 0 Å². The van der Waals surface area contributed by atoms with Gasteiger partial charge in [0.25, 0.3) is 0 Å². The van der Waals surface area contributed by atoms with Gasteiger partial charge in [-0.2, -0.15) is 0 Å². The molecule has 0 saturated heterocycles. The molecular weight excluding hydrogens is 164 g/mol. The Bertz CT molecular complexity index is 149. The molecule has 0 heterocycles. The second kappa shape index (κ2) is 6.89. The highest BCUT2D eigenvalue weighted by molar-refractivity contribution is 5.82. The Morgan fingerprint density at radius 1 is 1.46 bits per heavy atom. The molecule has 13 heavy (non-hydrogen) atoms. The van der Waals surface area contributed by atoms with Gasteiger partial charge in [-0.05, 0) is 6.42 Å². The van der Waals surface area contributed by atoms with Gasteiger partial charge in [0, 0.05) is 13.0 Å². The van der Waals surface area contributed by atoms with Crippen LogP contribution in [0.5, 0.6) is 0 Å². The molecule has 0 saturated carbocycles. The maximum absolute atomic E-state index is 5.77. The van der Waals surface area contributed by atoms with Crippen molar-refractivity contribution in [3.8, 4) is 0 Å². The summed E-state index contributed by atoms with van der Waals surface area (Å²) in [4.78, 5) is 4.42. The van der Waals surface area contributed by atoms with Gasteiger partial charge in [-0.25, -0.2) is 0 Å². The molecule has 3 nitrogen and oxygen atoms in total. The number of aliphatic imine (C=N–C) groups is 1. The number of hydrogen-bond donors (Lipinski definition) is 1. The predicted octanol–water partition coefficient (Wildman–Crippen LogP) is 1.81. The van der Waals surface area contributed by atoms with Crippen LogP contribution in [-0.4, -0.2) is 25.6 Å². The summed E-state index contributed by atoms with van der Waals surface area (Å²) in [6.45, 7) is 6.91. The van der Waals surface area contributed by atoms with Crippen molar-refractivity contribution >= 4 is 5.84 Å². The van der Waals surface area contributed by atoms with Crippen molar-refractivity contribution in [2.45, 2.75) is 39.7 Å². The monoisotopic (exact) mass is 186 g/mol. The zero-order valence-corrected chi connectivity index (χ0v) is 9.21. The number of nitrogens with zero attached hydrogens (tertiary/aromatic N) is 1. The van der Waals surface area contributed by atoms with Crippen molar-refractivity contribution in [1.29, 1.82) is 0 Å². The maximum atomic E-state index is 5.77. The molecule has 0 aliphatic heterocycles. The van der Waals surface area contributed by atoms with Crippen molar-refractivity contribution < 1.29 is 4.74 Å². The van der Waals surface area contributed by atoms with Crippen molar-refractivity contribution in [2.75, 3.05) is 13.7 Å². The molecule has 0 radical (unpaired) electrons. The number of methoxy groups -OCH3 is 1. The smallest absolute Gasteiger partial charge is 0.0967 e. The van der Waals surface area contributed by atoms with Crippen molar-refractivity contribution in [2.24, 2.45) is 16.6 Å². The normalized spacial score (nSPS) is 15.0. The second-order valence-electron chi connectivity index (χ2n) is 3.61. The quantitative estimate of drug-likeness (QED) is 0.508. The van der Waals surface area contributed by atoms with E-state index in [1.807, 2.05) is 0 Å². The molecule has 1 atom stereocenters. The SMILES string of the molecule is CCCC(COC)N=C(N)C(C)C. The van der Waals surface area contributed by atoms with E-state index in [4.69, 9.17) is 10.5 Å². The number of rotatable bonds is 6. The zero-order valence-electron chi connectivity index (χ0n) is 9.21. The Kier molecular flexibility index (Phi) is 6.59. The van der Waals surface area contributed by atoms with Gasteiger partial charge in [-0.1, -0.05) is 27.2 Å². The van der Waals surface area contributed by atoms with Crippen LogP contribution in [0.3, 0.4) is 0 Å². The molecule has 3 heteroatoms. The minimum atomic E-state index is 0.234. The van der Waals surface area contributed by atoms with E-state index in [0.29, 0.717) is 12.5 Å². The van der Waals surface area contributed by atoms with Crippen molar-refractivity contribution in [3.63, 3.8) is 0 Å². The fourth-order valence-corrected chi connectivity index (χ4v) is 1.07. The first-order valence-electron chi connectivity index (χ1n) is 4.93. The lowest BCUT2D eigenvalue weighted by Gasteiger charge is -2.13. The van der Waals surface area contributed by atoms with E-state index in [1.54, 1.807) is 7.11 Å². The van der Waals surface area contributed by atoms with Crippen LogP contribution in [-0.2, 0) is 4.74 Å². The maximum Gasteiger partial charge on any atom is 0.0967 e. The van der Waals surface area contributed by atoms with E-state index >= 15 is 0 Å². The Labute approximate surface area is 81.4 Å². The molecular formula is C10H22N2O. The van der Waals surface area contributed by atoms with Crippen LogP contribution in [0.25, 0.3) is 0 Å². The first kappa shape index (κ1) is 12.4. The highest BCUT2D eigenvalue weighted by Gasteiger charge is 2.07. The van der Waals surface area contributed by atoms with Gasteiger partial charge in [-0.15, -0.1) is 0 Å². The summed E-state index contributed by atoms with van der Waals surface area (Å²) in [7, 11) is 1.70. The Morgan fingerprint density at radius 2 is 2.08 bits per heavy atom. The van der Waals surface area contributed by atoms with Gasteiger partial charge in [-0.3, -0.25) is 4.99 Å². The van der Waals surface area contributed by atoms with Crippen LogP contribution in [0.2, 0.25) is 0 Å². The van der Waals surface area contributed by atoms with E-state index in [0.717, 1.165) is 18.7 Å². The number of hydrogen-bond acceptors (Lipinski definition) is 2. The molecule has 0 rings (SSSR count).